The van der Waals surface area contributed by atoms with E-state index in [9.17, 15) is 8.42 Å². The molecule has 2 aromatic rings. The fraction of sp³-hybridized carbons (Fsp3) is 0.294. The number of hydrogen-bond acceptors (Lipinski definition) is 3. The molecule has 0 heterocycles. The molecule has 0 aliphatic carbocycles. The van der Waals surface area contributed by atoms with Crippen molar-refractivity contribution in [3.63, 3.8) is 0 Å². The molecule has 2 aromatic carbocycles. The van der Waals surface area contributed by atoms with E-state index in [2.05, 4.69) is 20.7 Å². The van der Waals surface area contributed by atoms with Crippen LogP contribution in [0.15, 0.2) is 53.0 Å². The molecule has 0 spiro atoms. The van der Waals surface area contributed by atoms with Crippen LogP contribution in [-0.4, -0.2) is 15.0 Å². The molecule has 0 bridgehead atoms. The van der Waals surface area contributed by atoms with Gasteiger partial charge in [0.15, 0.2) is 0 Å². The Bertz CT molecular complexity index is 727. The van der Waals surface area contributed by atoms with E-state index < -0.39 is 10.0 Å². The van der Waals surface area contributed by atoms with Crippen molar-refractivity contribution in [3.8, 4) is 5.75 Å². The smallest absolute Gasteiger partial charge is 0.216 e. The second-order valence-electron chi connectivity index (χ2n) is 5.23. The molecule has 0 aliphatic heterocycles. The van der Waals surface area contributed by atoms with Crippen LogP contribution in [0.1, 0.15) is 31.0 Å². The summed E-state index contributed by atoms with van der Waals surface area (Å²) in [7, 11) is -3.41. The molecule has 0 aliphatic rings. The Hall–Kier alpha value is -1.37. The molecule has 23 heavy (non-hydrogen) atoms. The van der Waals surface area contributed by atoms with Gasteiger partial charge in [-0.2, -0.15) is 0 Å². The van der Waals surface area contributed by atoms with Crippen LogP contribution >= 0.6 is 15.9 Å². The summed E-state index contributed by atoms with van der Waals surface area (Å²) in [4.78, 5) is 0. The van der Waals surface area contributed by atoms with Gasteiger partial charge < -0.3 is 4.74 Å². The number of benzene rings is 2. The molecule has 124 valence electrons. The number of ether oxygens (including phenoxy) is 1. The average molecular weight is 398 g/mol. The minimum atomic E-state index is -3.41. The molecule has 0 fully saturated rings. The Balaban J connectivity index is 2.02. The molecule has 0 aromatic heterocycles. The zero-order valence-corrected chi connectivity index (χ0v) is 15.5. The van der Waals surface area contributed by atoms with Gasteiger partial charge in [-0.1, -0.05) is 40.2 Å². The van der Waals surface area contributed by atoms with E-state index in [1.807, 2.05) is 50.2 Å². The second kappa shape index (κ2) is 7.95. The summed E-state index contributed by atoms with van der Waals surface area (Å²) in [6, 6.07) is 14.4. The molecule has 4 nitrogen and oxygen atoms in total. The lowest BCUT2D eigenvalue weighted by Gasteiger charge is -2.15. The monoisotopic (exact) mass is 397 g/mol. The third kappa shape index (κ3) is 5.64. The third-order valence-corrected chi connectivity index (χ3v) is 5.27. The second-order valence-corrected chi connectivity index (χ2v) is 7.90. The fourth-order valence-corrected chi connectivity index (χ4v) is 3.85. The number of halogens is 1. The number of nitrogens with one attached hydrogen (secondary N) is 1. The van der Waals surface area contributed by atoms with Crippen LogP contribution in [0.3, 0.4) is 0 Å². The highest BCUT2D eigenvalue weighted by molar-refractivity contribution is 9.10. The maximum absolute atomic E-state index is 12.3. The number of sulfonamides is 1. The van der Waals surface area contributed by atoms with E-state index in [-0.39, 0.29) is 11.8 Å². The van der Waals surface area contributed by atoms with Gasteiger partial charge in [0.05, 0.1) is 12.4 Å². The van der Waals surface area contributed by atoms with Gasteiger partial charge in [0.1, 0.15) is 5.75 Å². The van der Waals surface area contributed by atoms with Crippen molar-refractivity contribution in [1.29, 1.82) is 0 Å². The number of rotatable bonds is 7. The first kappa shape index (κ1) is 18.0. The van der Waals surface area contributed by atoms with Gasteiger partial charge in [-0.05, 0) is 49.2 Å². The van der Waals surface area contributed by atoms with Gasteiger partial charge in [0.25, 0.3) is 0 Å². The fourth-order valence-electron chi connectivity index (χ4n) is 2.20. The molecule has 0 saturated heterocycles. The van der Waals surface area contributed by atoms with Gasteiger partial charge in [-0.15, -0.1) is 0 Å². The van der Waals surface area contributed by atoms with E-state index in [0.717, 1.165) is 21.3 Å². The predicted molar refractivity (Wildman–Crippen MR) is 95.9 cm³/mol. The predicted octanol–water partition coefficient (Wildman–Crippen LogP) is 4.03. The van der Waals surface area contributed by atoms with Crippen LogP contribution < -0.4 is 9.46 Å². The molecular formula is C17H20BrNO3S. The summed E-state index contributed by atoms with van der Waals surface area (Å²) in [6.07, 6.45) is 0. The first-order chi connectivity index (χ1) is 10.9. The van der Waals surface area contributed by atoms with Crippen molar-refractivity contribution in [2.24, 2.45) is 0 Å². The number of hydrogen-bond donors (Lipinski definition) is 1. The van der Waals surface area contributed by atoms with Gasteiger partial charge in [0, 0.05) is 10.5 Å². The maximum Gasteiger partial charge on any atom is 0.216 e. The SMILES string of the molecule is CCOc1ccc([C@@H](C)NS(=O)(=O)Cc2ccc(Br)cc2)cc1. The van der Waals surface area contributed by atoms with Crippen molar-refractivity contribution in [3.05, 3.63) is 64.1 Å². The highest BCUT2D eigenvalue weighted by atomic mass is 79.9. The summed E-state index contributed by atoms with van der Waals surface area (Å²) >= 11 is 3.34. The average Bonchev–Trinajstić information content (AvgIpc) is 2.50. The third-order valence-electron chi connectivity index (χ3n) is 3.32. The normalized spacial score (nSPS) is 12.8. The Morgan fingerprint density at radius 1 is 1.09 bits per heavy atom. The Morgan fingerprint density at radius 3 is 2.26 bits per heavy atom. The molecule has 0 unspecified atom stereocenters. The van der Waals surface area contributed by atoms with Crippen molar-refractivity contribution < 1.29 is 13.2 Å². The molecule has 1 atom stereocenters. The highest BCUT2D eigenvalue weighted by Gasteiger charge is 2.16. The lowest BCUT2D eigenvalue weighted by atomic mass is 10.1. The van der Waals surface area contributed by atoms with Gasteiger partial charge in [0.2, 0.25) is 10.0 Å². The van der Waals surface area contributed by atoms with Crippen molar-refractivity contribution in [2.45, 2.75) is 25.6 Å². The summed E-state index contributed by atoms with van der Waals surface area (Å²) in [6.45, 7) is 4.36. The molecule has 6 heteroatoms. The molecule has 0 amide bonds. The maximum atomic E-state index is 12.3. The quantitative estimate of drug-likeness (QED) is 0.766. The topological polar surface area (TPSA) is 55.4 Å². The zero-order valence-electron chi connectivity index (χ0n) is 13.1. The highest BCUT2D eigenvalue weighted by Crippen LogP contribution is 2.19. The Kier molecular flexibility index (Phi) is 6.21. The summed E-state index contributed by atoms with van der Waals surface area (Å²) in [5.41, 5.74) is 1.65. The first-order valence-electron chi connectivity index (χ1n) is 7.37. The van der Waals surface area contributed by atoms with E-state index in [4.69, 9.17) is 4.74 Å². The van der Waals surface area contributed by atoms with Crippen molar-refractivity contribution >= 4 is 26.0 Å². The molecule has 2 rings (SSSR count). The van der Waals surface area contributed by atoms with E-state index >= 15 is 0 Å². The van der Waals surface area contributed by atoms with Gasteiger partial charge in [-0.3, -0.25) is 0 Å². The van der Waals surface area contributed by atoms with Gasteiger partial charge >= 0.3 is 0 Å². The first-order valence-corrected chi connectivity index (χ1v) is 9.81. The van der Waals surface area contributed by atoms with Crippen LogP contribution in [0, 0.1) is 0 Å². The Labute approximate surface area is 146 Å². The van der Waals surface area contributed by atoms with Gasteiger partial charge in [-0.25, -0.2) is 13.1 Å². The van der Waals surface area contributed by atoms with E-state index in [0.29, 0.717) is 6.61 Å². The zero-order chi connectivity index (χ0) is 16.9. The standard InChI is InChI=1S/C17H20BrNO3S/c1-3-22-17-10-6-15(7-11-17)13(2)19-23(20,21)12-14-4-8-16(18)9-5-14/h4-11,13,19H,3,12H2,1-2H3/t13-/m1/s1. The van der Waals surface area contributed by atoms with E-state index in [1.165, 1.54) is 0 Å². The lowest BCUT2D eigenvalue weighted by molar-refractivity contribution is 0.340. The van der Waals surface area contributed by atoms with Crippen molar-refractivity contribution in [1.82, 2.24) is 4.72 Å². The summed E-state index contributed by atoms with van der Waals surface area (Å²) < 4.78 is 33.6. The summed E-state index contributed by atoms with van der Waals surface area (Å²) in [5, 5.41) is 0. The van der Waals surface area contributed by atoms with Crippen LogP contribution in [-0.2, 0) is 15.8 Å². The molecule has 1 N–H and O–H groups in total. The van der Waals surface area contributed by atoms with Crippen LogP contribution in [0.4, 0.5) is 0 Å². The molecular weight excluding hydrogens is 378 g/mol. The van der Waals surface area contributed by atoms with Crippen LogP contribution in [0.5, 0.6) is 5.75 Å². The molecule has 0 radical (unpaired) electrons. The minimum absolute atomic E-state index is 0.0400. The largest absolute Gasteiger partial charge is 0.494 e. The van der Waals surface area contributed by atoms with Crippen molar-refractivity contribution in [2.75, 3.05) is 6.61 Å². The molecule has 0 saturated carbocycles. The Morgan fingerprint density at radius 2 is 1.70 bits per heavy atom. The van der Waals surface area contributed by atoms with Crippen LogP contribution in [0.25, 0.3) is 0 Å². The minimum Gasteiger partial charge on any atom is -0.494 e. The van der Waals surface area contributed by atoms with Crippen LogP contribution in [0.2, 0.25) is 0 Å². The van der Waals surface area contributed by atoms with E-state index in [1.54, 1.807) is 12.1 Å². The summed E-state index contributed by atoms with van der Waals surface area (Å²) in [5.74, 6) is 0.739. The lowest BCUT2D eigenvalue weighted by Crippen LogP contribution is -2.28.